The Morgan fingerprint density at radius 2 is 2.25 bits per heavy atom. The Morgan fingerprint density at radius 3 is 3.00 bits per heavy atom. The van der Waals surface area contributed by atoms with E-state index < -0.39 is 0 Å². The molecule has 0 bridgehead atoms. The van der Waals surface area contributed by atoms with Gasteiger partial charge in [-0.1, -0.05) is 6.07 Å². The standard InChI is InChI=1S/C11H10N2O3/c1-13-6-5-12-10(11(13)15)16-9-4-2-3-8(14)7-9/h2-7,14H,1H3. The lowest BCUT2D eigenvalue weighted by Crippen LogP contribution is -2.18. The highest BCUT2D eigenvalue weighted by Gasteiger charge is 2.05. The highest BCUT2D eigenvalue weighted by molar-refractivity contribution is 5.33. The summed E-state index contributed by atoms with van der Waals surface area (Å²) in [5.41, 5.74) is -0.328. The number of aromatic hydroxyl groups is 1. The van der Waals surface area contributed by atoms with Gasteiger partial charge in [-0.2, -0.15) is 0 Å². The van der Waals surface area contributed by atoms with Gasteiger partial charge in [-0.25, -0.2) is 4.98 Å². The van der Waals surface area contributed by atoms with Crippen molar-refractivity contribution in [2.24, 2.45) is 7.05 Å². The second-order valence-corrected chi connectivity index (χ2v) is 3.25. The Kier molecular flexibility index (Phi) is 2.59. The Morgan fingerprint density at radius 1 is 1.44 bits per heavy atom. The van der Waals surface area contributed by atoms with E-state index in [0.29, 0.717) is 5.75 Å². The van der Waals surface area contributed by atoms with E-state index in [4.69, 9.17) is 4.74 Å². The number of aryl methyl sites for hydroxylation is 1. The Labute approximate surface area is 91.6 Å². The largest absolute Gasteiger partial charge is 0.508 e. The van der Waals surface area contributed by atoms with Gasteiger partial charge >= 0.3 is 5.56 Å². The molecule has 5 nitrogen and oxygen atoms in total. The summed E-state index contributed by atoms with van der Waals surface area (Å²) in [6.07, 6.45) is 3.01. The van der Waals surface area contributed by atoms with E-state index in [1.165, 1.54) is 29.1 Å². The third-order valence-electron chi connectivity index (χ3n) is 2.02. The number of hydrogen-bond donors (Lipinski definition) is 1. The number of phenols is 1. The lowest BCUT2D eigenvalue weighted by molar-refractivity contribution is 0.436. The molecule has 0 aliphatic heterocycles. The first-order chi connectivity index (χ1) is 7.66. The van der Waals surface area contributed by atoms with Gasteiger partial charge in [0, 0.05) is 25.5 Å². The van der Waals surface area contributed by atoms with Crippen LogP contribution >= 0.6 is 0 Å². The van der Waals surface area contributed by atoms with Gasteiger partial charge in [-0.05, 0) is 12.1 Å². The van der Waals surface area contributed by atoms with Gasteiger partial charge in [0.15, 0.2) is 0 Å². The van der Waals surface area contributed by atoms with E-state index in [2.05, 4.69) is 4.98 Å². The van der Waals surface area contributed by atoms with E-state index in [1.54, 1.807) is 19.2 Å². The van der Waals surface area contributed by atoms with Crippen molar-refractivity contribution in [2.75, 3.05) is 0 Å². The zero-order valence-corrected chi connectivity index (χ0v) is 8.62. The first-order valence-corrected chi connectivity index (χ1v) is 4.65. The van der Waals surface area contributed by atoms with Gasteiger partial charge in [-0.3, -0.25) is 4.79 Å². The summed E-state index contributed by atoms with van der Waals surface area (Å²) in [5, 5.41) is 9.23. The van der Waals surface area contributed by atoms with Gasteiger partial charge in [0.2, 0.25) is 0 Å². The van der Waals surface area contributed by atoms with Crippen LogP contribution in [0.1, 0.15) is 0 Å². The average Bonchev–Trinajstić information content (AvgIpc) is 2.25. The summed E-state index contributed by atoms with van der Waals surface area (Å²) in [4.78, 5) is 15.4. The fraction of sp³-hybridized carbons (Fsp3) is 0.0909. The van der Waals surface area contributed by atoms with Gasteiger partial charge in [0.25, 0.3) is 5.88 Å². The number of phenolic OH excluding ortho intramolecular Hbond substituents is 1. The molecule has 0 saturated heterocycles. The quantitative estimate of drug-likeness (QED) is 0.824. The van der Waals surface area contributed by atoms with Crippen LogP contribution in [0.5, 0.6) is 17.4 Å². The molecule has 0 aliphatic carbocycles. The van der Waals surface area contributed by atoms with Crippen LogP contribution in [-0.2, 0) is 7.05 Å². The summed E-state index contributed by atoms with van der Waals surface area (Å²) in [6, 6.07) is 6.18. The topological polar surface area (TPSA) is 64.3 Å². The van der Waals surface area contributed by atoms with Crippen molar-refractivity contribution < 1.29 is 9.84 Å². The number of rotatable bonds is 2. The minimum Gasteiger partial charge on any atom is -0.508 e. The van der Waals surface area contributed by atoms with Crippen LogP contribution in [0.3, 0.4) is 0 Å². The third-order valence-corrected chi connectivity index (χ3v) is 2.02. The highest BCUT2D eigenvalue weighted by Crippen LogP contribution is 2.20. The van der Waals surface area contributed by atoms with Crippen molar-refractivity contribution in [1.29, 1.82) is 0 Å². The number of ether oxygens (including phenoxy) is 1. The van der Waals surface area contributed by atoms with E-state index in [0.717, 1.165) is 0 Å². The number of hydrogen-bond acceptors (Lipinski definition) is 4. The number of nitrogens with zero attached hydrogens (tertiary/aromatic N) is 2. The van der Waals surface area contributed by atoms with E-state index in [-0.39, 0.29) is 17.2 Å². The molecule has 1 aromatic carbocycles. The molecule has 0 unspecified atom stereocenters. The molecular weight excluding hydrogens is 208 g/mol. The highest BCUT2D eigenvalue weighted by atomic mass is 16.5. The predicted molar refractivity (Wildman–Crippen MR) is 57.7 cm³/mol. The van der Waals surface area contributed by atoms with Crippen LogP contribution in [0.15, 0.2) is 41.5 Å². The van der Waals surface area contributed by atoms with Crippen LogP contribution in [0, 0.1) is 0 Å². The van der Waals surface area contributed by atoms with Crippen LogP contribution in [0.25, 0.3) is 0 Å². The van der Waals surface area contributed by atoms with Crippen LogP contribution in [-0.4, -0.2) is 14.7 Å². The summed E-state index contributed by atoms with van der Waals surface area (Å²) < 4.78 is 6.63. The van der Waals surface area contributed by atoms with E-state index in [1.807, 2.05) is 0 Å². The van der Waals surface area contributed by atoms with Crippen molar-refractivity contribution in [3.8, 4) is 17.4 Å². The minimum atomic E-state index is -0.328. The molecule has 5 heteroatoms. The number of benzene rings is 1. The molecule has 0 atom stereocenters. The molecule has 0 spiro atoms. The van der Waals surface area contributed by atoms with Crippen LogP contribution in [0.4, 0.5) is 0 Å². The number of aromatic nitrogens is 2. The summed E-state index contributed by atoms with van der Waals surface area (Å²) in [5.74, 6) is 0.427. The van der Waals surface area contributed by atoms with E-state index >= 15 is 0 Å². The molecule has 2 rings (SSSR count). The smallest absolute Gasteiger partial charge is 0.313 e. The van der Waals surface area contributed by atoms with Gasteiger partial charge in [0.05, 0.1) is 0 Å². The van der Waals surface area contributed by atoms with Gasteiger partial charge in [0.1, 0.15) is 11.5 Å². The average molecular weight is 218 g/mol. The fourth-order valence-electron chi connectivity index (χ4n) is 1.20. The SMILES string of the molecule is Cn1ccnc(Oc2cccc(O)c2)c1=O. The lowest BCUT2D eigenvalue weighted by Gasteiger charge is -2.04. The maximum Gasteiger partial charge on any atom is 0.313 e. The first-order valence-electron chi connectivity index (χ1n) is 4.65. The van der Waals surface area contributed by atoms with Gasteiger partial charge in [-0.15, -0.1) is 0 Å². The second-order valence-electron chi connectivity index (χ2n) is 3.25. The first kappa shape index (κ1) is 10.2. The molecule has 0 saturated carbocycles. The van der Waals surface area contributed by atoms with E-state index in [9.17, 15) is 9.90 Å². The molecule has 1 aromatic heterocycles. The van der Waals surface area contributed by atoms with Gasteiger partial charge < -0.3 is 14.4 Å². The zero-order valence-electron chi connectivity index (χ0n) is 8.62. The Bertz CT molecular complexity index is 563. The molecule has 0 radical (unpaired) electrons. The lowest BCUT2D eigenvalue weighted by atomic mass is 10.3. The Hall–Kier alpha value is -2.30. The van der Waals surface area contributed by atoms with Crippen molar-refractivity contribution in [2.45, 2.75) is 0 Å². The molecule has 0 fully saturated rings. The molecule has 0 amide bonds. The van der Waals surface area contributed by atoms with Crippen molar-refractivity contribution in [1.82, 2.24) is 9.55 Å². The maximum atomic E-state index is 11.6. The molecule has 0 aliphatic rings. The minimum absolute atomic E-state index is 0.0180. The fourth-order valence-corrected chi connectivity index (χ4v) is 1.20. The predicted octanol–water partition coefficient (Wildman–Crippen LogP) is 1.28. The monoisotopic (exact) mass is 218 g/mol. The Balaban J connectivity index is 2.34. The second kappa shape index (κ2) is 4.06. The molecule has 16 heavy (non-hydrogen) atoms. The molecule has 2 aromatic rings. The molecule has 1 N–H and O–H groups in total. The molecule has 82 valence electrons. The van der Waals surface area contributed by atoms with Crippen LogP contribution < -0.4 is 10.3 Å². The zero-order chi connectivity index (χ0) is 11.5. The molecule has 1 heterocycles. The van der Waals surface area contributed by atoms with Crippen molar-refractivity contribution >= 4 is 0 Å². The normalized spacial score (nSPS) is 10.1. The van der Waals surface area contributed by atoms with Crippen molar-refractivity contribution in [3.05, 3.63) is 47.0 Å². The summed E-state index contributed by atoms with van der Waals surface area (Å²) in [6.45, 7) is 0. The molecular formula is C11H10N2O3. The summed E-state index contributed by atoms with van der Waals surface area (Å²) in [7, 11) is 1.61. The summed E-state index contributed by atoms with van der Waals surface area (Å²) >= 11 is 0. The maximum absolute atomic E-state index is 11.6. The third kappa shape index (κ3) is 2.03. The van der Waals surface area contributed by atoms with Crippen LogP contribution in [0.2, 0.25) is 0 Å². The van der Waals surface area contributed by atoms with Crippen molar-refractivity contribution in [3.63, 3.8) is 0 Å².